The average Bonchev–Trinajstić information content (AvgIpc) is 2.43. The molecule has 0 fully saturated rings. The summed E-state index contributed by atoms with van der Waals surface area (Å²) in [5.74, 6) is 0. The zero-order chi connectivity index (χ0) is 16.3. The van der Waals surface area contributed by atoms with Crippen LogP contribution >= 0.6 is 11.6 Å². The Labute approximate surface area is 135 Å². The first-order chi connectivity index (χ1) is 10.3. The van der Waals surface area contributed by atoms with Crippen molar-refractivity contribution < 1.29 is 9.53 Å². The zero-order valence-corrected chi connectivity index (χ0v) is 13.7. The Kier molecular flexibility index (Phi) is 4.71. The molecule has 1 amide bonds. The van der Waals surface area contributed by atoms with Crippen molar-refractivity contribution in [2.24, 2.45) is 0 Å². The minimum absolute atomic E-state index is 0.306. The van der Waals surface area contributed by atoms with E-state index in [0.29, 0.717) is 11.6 Å². The standard InChI is InChI=1S/C17H19ClN2O2/c1-5-12-11(10-20-16(21)22-17(2,3)4)9-14(18)15-13(12)7-6-8-19-15/h5-9H,1,10H2,2-4H3,(H,20,21). The number of alkyl carbamates (subject to hydrolysis) is 1. The van der Waals surface area contributed by atoms with Crippen molar-refractivity contribution in [1.82, 2.24) is 10.3 Å². The third-order valence-electron chi connectivity index (χ3n) is 3.00. The number of nitrogens with zero attached hydrogens (tertiary/aromatic N) is 1. The van der Waals surface area contributed by atoms with Crippen molar-refractivity contribution in [3.8, 4) is 0 Å². The summed E-state index contributed by atoms with van der Waals surface area (Å²) in [6.45, 7) is 9.61. The molecule has 2 aromatic rings. The molecule has 2 rings (SSSR count). The van der Waals surface area contributed by atoms with Crippen LogP contribution in [0.2, 0.25) is 5.02 Å². The van der Waals surface area contributed by atoms with Gasteiger partial charge in [-0.2, -0.15) is 0 Å². The van der Waals surface area contributed by atoms with Crippen LogP contribution in [0.1, 0.15) is 31.9 Å². The van der Waals surface area contributed by atoms with Crippen molar-refractivity contribution in [3.63, 3.8) is 0 Å². The highest BCUT2D eigenvalue weighted by Crippen LogP contribution is 2.29. The molecule has 0 bridgehead atoms. The van der Waals surface area contributed by atoms with Crippen LogP contribution in [0.15, 0.2) is 31.0 Å². The van der Waals surface area contributed by atoms with Crippen LogP contribution in [0, 0.1) is 0 Å². The number of halogens is 1. The van der Waals surface area contributed by atoms with E-state index in [9.17, 15) is 4.79 Å². The van der Waals surface area contributed by atoms with Gasteiger partial charge in [0.1, 0.15) is 5.60 Å². The number of benzene rings is 1. The molecule has 1 heterocycles. The number of aromatic nitrogens is 1. The zero-order valence-electron chi connectivity index (χ0n) is 12.9. The number of ether oxygens (including phenoxy) is 1. The van der Waals surface area contributed by atoms with Crippen molar-refractivity contribution in [1.29, 1.82) is 0 Å². The second-order valence-corrected chi connectivity index (χ2v) is 6.30. The summed E-state index contributed by atoms with van der Waals surface area (Å²) >= 11 is 6.27. The average molecular weight is 319 g/mol. The van der Waals surface area contributed by atoms with E-state index in [0.717, 1.165) is 22.0 Å². The molecule has 5 heteroatoms. The van der Waals surface area contributed by atoms with E-state index in [1.165, 1.54) is 0 Å². The van der Waals surface area contributed by atoms with Crippen LogP contribution in [0.25, 0.3) is 17.0 Å². The largest absolute Gasteiger partial charge is 0.444 e. The normalized spacial score (nSPS) is 11.3. The highest BCUT2D eigenvalue weighted by atomic mass is 35.5. The quantitative estimate of drug-likeness (QED) is 0.902. The molecule has 0 saturated carbocycles. The van der Waals surface area contributed by atoms with Gasteiger partial charge in [0, 0.05) is 18.1 Å². The Bertz CT molecular complexity index is 720. The molecule has 1 N–H and O–H groups in total. The number of fused-ring (bicyclic) bond motifs is 1. The molecule has 1 aromatic carbocycles. The van der Waals surface area contributed by atoms with Crippen LogP contribution in [0.4, 0.5) is 4.79 Å². The maximum Gasteiger partial charge on any atom is 0.407 e. The number of hydrogen-bond donors (Lipinski definition) is 1. The lowest BCUT2D eigenvalue weighted by Crippen LogP contribution is -2.32. The lowest BCUT2D eigenvalue weighted by molar-refractivity contribution is 0.0523. The number of pyridine rings is 1. The van der Waals surface area contributed by atoms with Gasteiger partial charge in [-0.05, 0) is 44.0 Å². The fourth-order valence-corrected chi connectivity index (χ4v) is 2.44. The second-order valence-electron chi connectivity index (χ2n) is 5.89. The first-order valence-electron chi connectivity index (χ1n) is 6.97. The molecule has 0 aliphatic heterocycles. The molecular formula is C17H19ClN2O2. The summed E-state index contributed by atoms with van der Waals surface area (Å²) in [5.41, 5.74) is 1.96. The van der Waals surface area contributed by atoms with Gasteiger partial charge in [0.2, 0.25) is 0 Å². The van der Waals surface area contributed by atoms with Gasteiger partial charge >= 0.3 is 6.09 Å². The van der Waals surface area contributed by atoms with E-state index in [-0.39, 0.29) is 0 Å². The summed E-state index contributed by atoms with van der Waals surface area (Å²) in [6, 6.07) is 5.57. The molecule has 0 atom stereocenters. The number of rotatable bonds is 3. The lowest BCUT2D eigenvalue weighted by Gasteiger charge is -2.20. The monoisotopic (exact) mass is 318 g/mol. The fraction of sp³-hybridized carbons (Fsp3) is 0.294. The molecular weight excluding hydrogens is 300 g/mol. The van der Waals surface area contributed by atoms with Crippen LogP contribution in [-0.2, 0) is 11.3 Å². The van der Waals surface area contributed by atoms with Gasteiger partial charge in [0.25, 0.3) is 0 Å². The summed E-state index contributed by atoms with van der Waals surface area (Å²) in [4.78, 5) is 16.1. The summed E-state index contributed by atoms with van der Waals surface area (Å²) in [6.07, 6.45) is 2.97. The minimum Gasteiger partial charge on any atom is -0.444 e. The molecule has 1 aromatic heterocycles. The van der Waals surface area contributed by atoms with Gasteiger partial charge < -0.3 is 10.1 Å². The van der Waals surface area contributed by atoms with Crippen molar-refractivity contribution >= 4 is 34.7 Å². The number of amides is 1. The Morgan fingerprint density at radius 1 is 1.50 bits per heavy atom. The highest BCUT2D eigenvalue weighted by molar-refractivity contribution is 6.35. The second kappa shape index (κ2) is 6.36. The van der Waals surface area contributed by atoms with E-state index >= 15 is 0 Å². The Morgan fingerprint density at radius 2 is 2.23 bits per heavy atom. The number of hydrogen-bond acceptors (Lipinski definition) is 3. The summed E-state index contributed by atoms with van der Waals surface area (Å²) < 4.78 is 5.23. The molecule has 116 valence electrons. The lowest BCUT2D eigenvalue weighted by atomic mass is 10.0. The summed E-state index contributed by atoms with van der Waals surface area (Å²) in [5, 5.41) is 4.19. The molecule has 0 aliphatic rings. The Hall–Kier alpha value is -2.07. The molecule has 0 spiro atoms. The minimum atomic E-state index is -0.531. The smallest absolute Gasteiger partial charge is 0.407 e. The van der Waals surface area contributed by atoms with Gasteiger partial charge in [0.15, 0.2) is 0 Å². The Morgan fingerprint density at radius 3 is 2.86 bits per heavy atom. The van der Waals surface area contributed by atoms with Gasteiger partial charge in [0.05, 0.1) is 10.5 Å². The SMILES string of the molecule is C=Cc1c(CNC(=O)OC(C)(C)C)cc(Cl)c2ncccc12. The fourth-order valence-electron chi connectivity index (χ4n) is 2.15. The first kappa shape index (κ1) is 16.3. The van der Waals surface area contributed by atoms with Crippen molar-refractivity contribution in [2.75, 3.05) is 0 Å². The Balaban J connectivity index is 2.28. The first-order valence-corrected chi connectivity index (χ1v) is 7.35. The van der Waals surface area contributed by atoms with Crippen LogP contribution in [0.3, 0.4) is 0 Å². The van der Waals surface area contributed by atoms with Crippen LogP contribution in [0.5, 0.6) is 0 Å². The molecule has 0 aliphatic carbocycles. The number of carbonyl (C=O) groups excluding carboxylic acids is 1. The predicted octanol–water partition coefficient (Wildman–Crippen LogP) is 4.56. The van der Waals surface area contributed by atoms with E-state index < -0.39 is 11.7 Å². The van der Waals surface area contributed by atoms with Gasteiger partial charge in [-0.1, -0.05) is 30.3 Å². The maximum absolute atomic E-state index is 11.8. The van der Waals surface area contributed by atoms with Crippen LogP contribution in [-0.4, -0.2) is 16.7 Å². The molecule has 0 unspecified atom stereocenters. The van der Waals surface area contributed by atoms with Gasteiger partial charge in [-0.25, -0.2) is 4.79 Å². The molecule has 0 saturated heterocycles. The third kappa shape index (κ3) is 3.77. The van der Waals surface area contributed by atoms with E-state index in [1.54, 1.807) is 18.3 Å². The van der Waals surface area contributed by atoms with E-state index in [4.69, 9.17) is 16.3 Å². The van der Waals surface area contributed by atoms with Gasteiger partial charge in [-0.15, -0.1) is 0 Å². The highest BCUT2D eigenvalue weighted by Gasteiger charge is 2.16. The third-order valence-corrected chi connectivity index (χ3v) is 3.29. The van der Waals surface area contributed by atoms with Crippen molar-refractivity contribution in [2.45, 2.75) is 32.9 Å². The molecule has 4 nitrogen and oxygen atoms in total. The number of carbonyl (C=O) groups is 1. The number of nitrogens with one attached hydrogen (secondary N) is 1. The van der Waals surface area contributed by atoms with E-state index in [2.05, 4.69) is 16.9 Å². The van der Waals surface area contributed by atoms with Crippen LogP contribution < -0.4 is 5.32 Å². The van der Waals surface area contributed by atoms with Gasteiger partial charge in [-0.3, -0.25) is 4.98 Å². The molecule has 22 heavy (non-hydrogen) atoms. The summed E-state index contributed by atoms with van der Waals surface area (Å²) in [7, 11) is 0. The van der Waals surface area contributed by atoms with E-state index in [1.807, 2.05) is 32.9 Å². The maximum atomic E-state index is 11.8. The molecule has 0 radical (unpaired) electrons. The predicted molar refractivity (Wildman–Crippen MR) is 89.9 cm³/mol. The van der Waals surface area contributed by atoms with Crippen molar-refractivity contribution in [3.05, 3.63) is 47.1 Å². The topological polar surface area (TPSA) is 51.2 Å².